The molecule has 100 valence electrons. The molecule has 2 unspecified atom stereocenters. The number of benzene rings is 1. The van der Waals surface area contributed by atoms with Crippen LogP contribution >= 0.6 is 0 Å². The van der Waals surface area contributed by atoms with Crippen molar-refractivity contribution >= 4 is 0 Å². The van der Waals surface area contributed by atoms with Crippen LogP contribution in [0.2, 0.25) is 0 Å². The molecule has 0 bridgehead atoms. The third-order valence-corrected chi connectivity index (χ3v) is 3.93. The molecule has 2 rings (SSSR count). The minimum atomic E-state index is -0.145. The van der Waals surface area contributed by atoms with E-state index < -0.39 is 0 Å². The molecule has 1 aromatic rings. The molecule has 1 aliphatic rings. The molecule has 2 N–H and O–H groups in total. The zero-order valence-electron chi connectivity index (χ0n) is 11.1. The molecule has 2 nitrogen and oxygen atoms in total. The molecular formula is C15H23FN2. The average Bonchev–Trinajstić information content (AvgIpc) is 2.38. The monoisotopic (exact) mass is 250 g/mol. The number of piperidine rings is 1. The Morgan fingerprint density at radius 1 is 1.44 bits per heavy atom. The first kappa shape index (κ1) is 13.5. The van der Waals surface area contributed by atoms with Crippen molar-refractivity contribution in [1.29, 1.82) is 0 Å². The fraction of sp³-hybridized carbons (Fsp3) is 0.600. The lowest BCUT2D eigenvalue weighted by Crippen LogP contribution is -2.49. The highest BCUT2D eigenvalue weighted by Crippen LogP contribution is 2.21. The van der Waals surface area contributed by atoms with Gasteiger partial charge in [-0.3, -0.25) is 4.90 Å². The van der Waals surface area contributed by atoms with Crippen molar-refractivity contribution < 1.29 is 4.39 Å². The van der Waals surface area contributed by atoms with E-state index >= 15 is 0 Å². The molecule has 0 aromatic heterocycles. The van der Waals surface area contributed by atoms with Gasteiger partial charge in [-0.05, 0) is 50.4 Å². The predicted octanol–water partition coefficient (Wildman–Crippen LogP) is 2.57. The smallest absolute Gasteiger partial charge is 0.123 e. The molecule has 1 heterocycles. The van der Waals surface area contributed by atoms with Crippen LogP contribution < -0.4 is 5.73 Å². The lowest BCUT2D eigenvalue weighted by molar-refractivity contribution is 0.107. The molecule has 0 aliphatic carbocycles. The second-order valence-electron chi connectivity index (χ2n) is 5.31. The van der Waals surface area contributed by atoms with E-state index in [-0.39, 0.29) is 5.82 Å². The number of rotatable bonds is 4. The molecule has 0 amide bonds. The van der Waals surface area contributed by atoms with Gasteiger partial charge >= 0.3 is 0 Å². The van der Waals surface area contributed by atoms with E-state index in [1.807, 2.05) is 6.07 Å². The summed E-state index contributed by atoms with van der Waals surface area (Å²) in [6, 6.07) is 7.85. The molecule has 0 saturated carbocycles. The van der Waals surface area contributed by atoms with Crippen molar-refractivity contribution in [2.24, 2.45) is 5.73 Å². The largest absolute Gasteiger partial charge is 0.329 e. The molecule has 0 radical (unpaired) electrons. The first-order valence-corrected chi connectivity index (χ1v) is 6.91. The summed E-state index contributed by atoms with van der Waals surface area (Å²) in [7, 11) is 0. The standard InChI is InChI=1S/C15H23FN2/c1-12(9-13-5-4-6-14(16)10-13)18-8-3-2-7-15(18)11-17/h4-6,10,12,15H,2-3,7-9,11,17H2,1H3. The van der Waals surface area contributed by atoms with Crippen LogP contribution in [0.15, 0.2) is 24.3 Å². The molecule has 2 atom stereocenters. The highest BCUT2D eigenvalue weighted by atomic mass is 19.1. The quantitative estimate of drug-likeness (QED) is 0.890. The van der Waals surface area contributed by atoms with Crippen LogP contribution in [0.25, 0.3) is 0 Å². The summed E-state index contributed by atoms with van der Waals surface area (Å²) in [5, 5.41) is 0. The van der Waals surface area contributed by atoms with Gasteiger partial charge in [0, 0.05) is 18.6 Å². The summed E-state index contributed by atoms with van der Waals surface area (Å²) in [4.78, 5) is 2.49. The maximum absolute atomic E-state index is 13.2. The molecule has 1 saturated heterocycles. The van der Waals surface area contributed by atoms with Crippen molar-refractivity contribution in [3.05, 3.63) is 35.6 Å². The maximum Gasteiger partial charge on any atom is 0.123 e. The van der Waals surface area contributed by atoms with E-state index in [4.69, 9.17) is 5.73 Å². The highest BCUT2D eigenvalue weighted by Gasteiger charge is 2.25. The summed E-state index contributed by atoms with van der Waals surface area (Å²) in [5.74, 6) is -0.145. The van der Waals surface area contributed by atoms with Gasteiger partial charge < -0.3 is 5.73 Å². The molecule has 1 aromatic carbocycles. The first-order chi connectivity index (χ1) is 8.70. The summed E-state index contributed by atoms with van der Waals surface area (Å²) >= 11 is 0. The number of likely N-dealkylation sites (tertiary alicyclic amines) is 1. The van der Waals surface area contributed by atoms with Gasteiger partial charge in [0.15, 0.2) is 0 Å². The van der Waals surface area contributed by atoms with Gasteiger partial charge in [-0.25, -0.2) is 4.39 Å². The third kappa shape index (κ3) is 3.30. The van der Waals surface area contributed by atoms with E-state index in [0.717, 1.165) is 25.1 Å². The highest BCUT2D eigenvalue weighted by molar-refractivity contribution is 5.17. The van der Waals surface area contributed by atoms with Gasteiger partial charge in [0.05, 0.1) is 0 Å². The van der Waals surface area contributed by atoms with E-state index in [2.05, 4.69) is 11.8 Å². The topological polar surface area (TPSA) is 29.3 Å². The molecule has 1 aliphatic heterocycles. The van der Waals surface area contributed by atoms with Crippen LogP contribution in [0.1, 0.15) is 31.7 Å². The zero-order chi connectivity index (χ0) is 13.0. The zero-order valence-corrected chi connectivity index (χ0v) is 11.1. The van der Waals surface area contributed by atoms with Gasteiger partial charge in [-0.1, -0.05) is 18.6 Å². The van der Waals surface area contributed by atoms with Crippen LogP contribution in [-0.4, -0.2) is 30.1 Å². The van der Waals surface area contributed by atoms with Crippen LogP contribution in [-0.2, 0) is 6.42 Å². The Morgan fingerprint density at radius 2 is 2.28 bits per heavy atom. The van der Waals surface area contributed by atoms with Crippen molar-refractivity contribution in [3.8, 4) is 0 Å². The molecule has 0 spiro atoms. The lowest BCUT2D eigenvalue weighted by atomic mass is 9.97. The first-order valence-electron chi connectivity index (χ1n) is 6.91. The van der Waals surface area contributed by atoms with E-state index in [1.165, 1.54) is 25.3 Å². The van der Waals surface area contributed by atoms with Crippen LogP contribution in [0.3, 0.4) is 0 Å². The fourth-order valence-electron chi connectivity index (χ4n) is 2.98. The summed E-state index contributed by atoms with van der Waals surface area (Å²) < 4.78 is 13.2. The van der Waals surface area contributed by atoms with E-state index in [9.17, 15) is 4.39 Å². The van der Waals surface area contributed by atoms with Crippen LogP contribution in [0.5, 0.6) is 0 Å². The Morgan fingerprint density at radius 3 is 3.00 bits per heavy atom. The summed E-state index contributed by atoms with van der Waals surface area (Å²) in [6.45, 7) is 4.07. The molecule has 18 heavy (non-hydrogen) atoms. The Hall–Kier alpha value is -0.930. The van der Waals surface area contributed by atoms with Crippen molar-refractivity contribution in [1.82, 2.24) is 4.90 Å². The number of halogens is 1. The van der Waals surface area contributed by atoms with Crippen LogP contribution in [0.4, 0.5) is 4.39 Å². The second kappa shape index (κ2) is 6.30. The Balaban J connectivity index is 1.99. The van der Waals surface area contributed by atoms with Gasteiger partial charge in [0.1, 0.15) is 5.82 Å². The number of hydrogen-bond donors (Lipinski definition) is 1. The van der Waals surface area contributed by atoms with Crippen molar-refractivity contribution in [3.63, 3.8) is 0 Å². The van der Waals surface area contributed by atoms with Crippen molar-refractivity contribution in [2.75, 3.05) is 13.1 Å². The number of nitrogens with two attached hydrogens (primary N) is 1. The van der Waals surface area contributed by atoms with Crippen molar-refractivity contribution in [2.45, 2.75) is 44.7 Å². The van der Waals surface area contributed by atoms with Crippen LogP contribution in [0, 0.1) is 5.82 Å². The lowest BCUT2D eigenvalue weighted by Gasteiger charge is -2.39. The minimum absolute atomic E-state index is 0.145. The fourth-order valence-corrected chi connectivity index (χ4v) is 2.98. The minimum Gasteiger partial charge on any atom is -0.329 e. The maximum atomic E-state index is 13.2. The van der Waals surface area contributed by atoms with Gasteiger partial charge in [-0.15, -0.1) is 0 Å². The third-order valence-electron chi connectivity index (χ3n) is 3.93. The van der Waals surface area contributed by atoms with E-state index in [1.54, 1.807) is 12.1 Å². The Kier molecular flexibility index (Phi) is 4.72. The molecule has 3 heteroatoms. The Bertz CT molecular complexity index is 381. The molecular weight excluding hydrogens is 227 g/mol. The predicted molar refractivity (Wildman–Crippen MR) is 73.0 cm³/mol. The normalized spacial score (nSPS) is 22.9. The number of hydrogen-bond acceptors (Lipinski definition) is 2. The van der Waals surface area contributed by atoms with Gasteiger partial charge in [-0.2, -0.15) is 0 Å². The summed E-state index contributed by atoms with van der Waals surface area (Å²) in [6.07, 6.45) is 4.63. The molecule has 1 fully saturated rings. The average molecular weight is 250 g/mol. The second-order valence-corrected chi connectivity index (χ2v) is 5.31. The van der Waals surface area contributed by atoms with Gasteiger partial charge in [0.2, 0.25) is 0 Å². The van der Waals surface area contributed by atoms with E-state index in [0.29, 0.717) is 12.1 Å². The summed E-state index contributed by atoms with van der Waals surface area (Å²) in [5.41, 5.74) is 6.92. The number of nitrogens with zero attached hydrogens (tertiary/aromatic N) is 1. The Labute approximate surface area is 109 Å². The SMILES string of the molecule is CC(Cc1cccc(F)c1)N1CCCCC1CN. The van der Waals surface area contributed by atoms with Gasteiger partial charge in [0.25, 0.3) is 0 Å².